The first-order valence-electron chi connectivity index (χ1n) is 6.59. The molecular formula is C13H19N3OS. The Morgan fingerprint density at radius 2 is 2.22 bits per heavy atom. The second kappa shape index (κ2) is 4.90. The Balaban J connectivity index is 1.94. The predicted octanol–water partition coefficient (Wildman–Crippen LogP) is 2.66. The number of anilines is 1. The first-order valence-corrected chi connectivity index (χ1v) is 7.47. The summed E-state index contributed by atoms with van der Waals surface area (Å²) in [7, 11) is 2.11. The largest absolute Gasteiger partial charge is 0.390 e. The van der Waals surface area contributed by atoms with Gasteiger partial charge < -0.3 is 10.0 Å². The van der Waals surface area contributed by atoms with Crippen molar-refractivity contribution in [1.29, 1.82) is 0 Å². The van der Waals surface area contributed by atoms with E-state index < -0.39 is 0 Å². The summed E-state index contributed by atoms with van der Waals surface area (Å²) in [5.74, 6) is 0.955. The fourth-order valence-electron chi connectivity index (χ4n) is 2.89. The molecule has 1 N–H and O–H groups in total. The number of rotatable bonds is 3. The molecule has 98 valence electrons. The molecule has 4 nitrogen and oxygen atoms in total. The quantitative estimate of drug-likeness (QED) is 0.927. The van der Waals surface area contributed by atoms with Gasteiger partial charge in [-0.05, 0) is 12.8 Å². The number of fused-ring (bicyclic) bond motifs is 1. The third-order valence-electron chi connectivity index (χ3n) is 3.95. The number of nitrogens with zero attached hydrogens (tertiary/aromatic N) is 3. The van der Waals surface area contributed by atoms with Crippen molar-refractivity contribution in [2.45, 2.75) is 44.8 Å². The average Bonchev–Trinajstić information content (AvgIpc) is 2.98. The minimum atomic E-state index is 0.0459. The van der Waals surface area contributed by atoms with Crippen molar-refractivity contribution >= 4 is 22.1 Å². The van der Waals surface area contributed by atoms with Gasteiger partial charge in [-0.3, -0.25) is 4.40 Å². The molecule has 2 aromatic rings. The van der Waals surface area contributed by atoms with Gasteiger partial charge in [-0.15, -0.1) is 11.3 Å². The van der Waals surface area contributed by atoms with Crippen molar-refractivity contribution in [3.63, 3.8) is 0 Å². The lowest BCUT2D eigenvalue weighted by Crippen LogP contribution is -2.34. The highest BCUT2D eigenvalue weighted by Gasteiger charge is 2.23. The molecule has 5 heteroatoms. The molecule has 0 amide bonds. The molecule has 18 heavy (non-hydrogen) atoms. The summed E-state index contributed by atoms with van der Waals surface area (Å²) >= 11 is 1.62. The SMILES string of the molecule is CN(c1nc2sccn2c1CO)C1CCCCC1. The zero-order valence-corrected chi connectivity index (χ0v) is 11.5. The zero-order chi connectivity index (χ0) is 12.5. The van der Waals surface area contributed by atoms with Gasteiger partial charge >= 0.3 is 0 Å². The topological polar surface area (TPSA) is 40.8 Å². The van der Waals surface area contributed by atoms with Crippen LogP contribution in [-0.2, 0) is 6.61 Å². The molecule has 2 heterocycles. The average molecular weight is 265 g/mol. The van der Waals surface area contributed by atoms with E-state index in [4.69, 9.17) is 0 Å². The molecule has 0 spiro atoms. The van der Waals surface area contributed by atoms with Crippen molar-refractivity contribution in [3.8, 4) is 0 Å². The van der Waals surface area contributed by atoms with Crippen LogP contribution in [0.5, 0.6) is 0 Å². The molecule has 0 bridgehead atoms. The van der Waals surface area contributed by atoms with Gasteiger partial charge in [0.25, 0.3) is 0 Å². The number of thiazole rings is 1. The summed E-state index contributed by atoms with van der Waals surface area (Å²) in [6, 6.07) is 0.577. The van der Waals surface area contributed by atoms with Crippen LogP contribution in [0.15, 0.2) is 11.6 Å². The molecule has 0 aromatic carbocycles. The Labute approximate surface area is 111 Å². The minimum absolute atomic E-state index is 0.0459. The van der Waals surface area contributed by atoms with Gasteiger partial charge in [-0.2, -0.15) is 0 Å². The number of imidazole rings is 1. The van der Waals surface area contributed by atoms with Crippen LogP contribution in [0, 0.1) is 0 Å². The molecule has 0 radical (unpaired) electrons. The van der Waals surface area contributed by atoms with Gasteiger partial charge in [0.15, 0.2) is 10.8 Å². The van der Waals surface area contributed by atoms with Crippen LogP contribution in [0.2, 0.25) is 0 Å². The van der Waals surface area contributed by atoms with E-state index in [0.717, 1.165) is 16.5 Å². The molecular weight excluding hydrogens is 246 g/mol. The van der Waals surface area contributed by atoms with E-state index in [1.807, 2.05) is 16.0 Å². The van der Waals surface area contributed by atoms with Crippen molar-refractivity contribution in [2.75, 3.05) is 11.9 Å². The molecule has 0 aliphatic heterocycles. The Bertz CT molecular complexity index is 527. The number of aliphatic hydroxyl groups excluding tert-OH is 1. The van der Waals surface area contributed by atoms with E-state index in [1.54, 1.807) is 11.3 Å². The van der Waals surface area contributed by atoms with Crippen molar-refractivity contribution < 1.29 is 5.11 Å². The molecule has 1 aliphatic carbocycles. The smallest absolute Gasteiger partial charge is 0.195 e. The van der Waals surface area contributed by atoms with Crippen molar-refractivity contribution in [1.82, 2.24) is 9.38 Å². The van der Waals surface area contributed by atoms with Crippen LogP contribution in [0.4, 0.5) is 5.82 Å². The highest BCUT2D eigenvalue weighted by Crippen LogP contribution is 2.29. The van der Waals surface area contributed by atoms with Gasteiger partial charge in [-0.1, -0.05) is 19.3 Å². The zero-order valence-electron chi connectivity index (χ0n) is 10.7. The maximum Gasteiger partial charge on any atom is 0.195 e. The molecule has 1 saturated carbocycles. The first kappa shape index (κ1) is 12.0. The monoisotopic (exact) mass is 265 g/mol. The van der Waals surface area contributed by atoms with Gasteiger partial charge in [0, 0.05) is 24.7 Å². The number of aliphatic hydroxyl groups is 1. The molecule has 0 saturated heterocycles. The highest BCUT2D eigenvalue weighted by atomic mass is 32.1. The fraction of sp³-hybridized carbons (Fsp3) is 0.615. The van der Waals surface area contributed by atoms with Gasteiger partial charge in [0.2, 0.25) is 0 Å². The van der Waals surface area contributed by atoms with E-state index in [2.05, 4.69) is 16.9 Å². The number of hydrogen-bond acceptors (Lipinski definition) is 4. The molecule has 0 unspecified atom stereocenters. The minimum Gasteiger partial charge on any atom is -0.390 e. The summed E-state index contributed by atoms with van der Waals surface area (Å²) in [4.78, 5) is 7.90. The van der Waals surface area contributed by atoms with Crippen LogP contribution in [0.25, 0.3) is 4.96 Å². The lowest BCUT2D eigenvalue weighted by atomic mass is 9.94. The number of hydrogen-bond donors (Lipinski definition) is 1. The van der Waals surface area contributed by atoms with Gasteiger partial charge in [-0.25, -0.2) is 4.98 Å². The standard InChI is InChI=1S/C13H19N3OS/c1-15(10-5-3-2-4-6-10)12-11(9-17)16-7-8-18-13(16)14-12/h7-8,10,17H,2-6,9H2,1H3. The van der Waals surface area contributed by atoms with Crippen LogP contribution < -0.4 is 4.90 Å². The molecule has 1 aliphatic rings. The molecule has 3 rings (SSSR count). The van der Waals surface area contributed by atoms with Crippen LogP contribution in [0.3, 0.4) is 0 Å². The second-order valence-corrected chi connectivity index (χ2v) is 5.87. The summed E-state index contributed by atoms with van der Waals surface area (Å²) in [6.07, 6.45) is 8.45. The van der Waals surface area contributed by atoms with E-state index in [0.29, 0.717) is 6.04 Å². The van der Waals surface area contributed by atoms with Crippen LogP contribution >= 0.6 is 11.3 Å². The number of aromatic nitrogens is 2. The van der Waals surface area contributed by atoms with E-state index in [9.17, 15) is 5.11 Å². The van der Waals surface area contributed by atoms with E-state index in [1.165, 1.54) is 32.1 Å². The van der Waals surface area contributed by atoms with Crippen molar-refractivity contribution in [3.05, 3.63) is 17.3 Å². The van der Waals surface area contributed by atoms with Crippen molar-refractivity contribution in [2.24, 2.45) is 0 Å². The lowest BCUT2D eigenvalue weighted by Gasteiger charge is -2.31. The van der Waals surface area contributed by atoms with Gasteiger partial charge in [0.05, 0.1) is 12.3 Å². The summed E-state index contributed by atoms with van der Waals surface area (Å²) in [5, 5.41) is 11.6. The first-order chi connectivity index (χ1) is 8.81. The second-order valence-electron chi connectivity index (χ2n) is 5.00. The highest BCUT2D eigenvalue weighted by molar-refractivity contribution is 7.15. The maximum absolute atomic E-state index is 9.59. The van der Waals surface area contributed by atoms with Crippen LogP contribution in [0.1, 0.15) is 37.8 Å². The molecule has 2 aromatic heterocycles. The third kappa shape index (κ3) is 1.91. The summed E-state index contributed by atoms with van der Waals surface area (Å²) in [6.45, 7) is 0.0459. The Morgan fingerprint density at radius 1 is 1.44 bits per heavy atom. The van der Waals surface area contributed by atoms with Crippen LogP contribution in [-0.4, -0.2) is 27.6 Å². The molecule has 0 atom stereocenters. The van der Waals surface area contributed by atoms with Gasteiger partial charge in [0.1, 0.15) is 0 Å². The predicted molar refractivity (Wildman–Crippen MR) is 74.3 cm³/mol. The Kier molecular flexibility index (Phi) is 3.26. The molecule has 1 fully saturated rings. The maximum atomic E-state index is 9.59. The summed E-state index contributed by atoms with van der Waals surface area (Å²) < 4.78 is 2.00. The third-order valence-corrected chi connectivity index (χ3v) is 4.70. The lowest BCUT2D eigenvalue weighted by molar-refractivity contribution is 0.275. The Morgan fingerprint density at radius 3 is 2.94 bits per heavy atom. The Hall–Kier alpha value is -1.07. The van der Waals surface area contributed by atoms with E-state index in [-0.39, 0.29) is 6.61 Å². The normalized spacial score (nSPS) is 17.4. The summed E-state index contributed by atoms with van der Waals surface area (Å²) in [5.41, 5.74) is 0.916. The fourth-order valence-corrected chi connectivity index (χ4v) is 3.62. The van der Waals surface area contributed by atoms with E-state index >= 15 is 0 Å².